The van der Waals surface area contributed by atoms with Crippen molar-refractivity contribution in [3.8, 4) is 11.1 Å². The molecule has 4 nitrogen and oxygen atoms in total. The van der Waals surface area contributed by atoms with Gasteiger partial charge in [-0.05, 0) is 5.56 Å². The number of nitrogens with zero attached hydrogens (tertiary/aromatic N) is 1. The van der Waals surface area contributed by atoms with Gasteiger partial charge in [-0.1, -0.05) is 30.3 Å². The topological polar surface area (TPSA) is 56.7 Å². The molecule has 2 aromatic rings. The molecule has 1 aromatic heterocycles. The van der Waals surface area contributed by atoms with Crippen LogP contribution in [0.5, 0.6) is 0 Å². The van der Waals surface area contributed by atoms with E-state index in [4.69, 9.17) is 17.0 Å². The normalized spacial score (nSPS) is 9.78. The molecule has 2 rings (SSSR count). The summed E-state index contributed by atoms with van der Waals surface area (Å²) in [5.41, 5.74) is 7.43. The van der Waals surface area contributed by atoms with Crippen LogP contribution in [0.1, 0.15) is 10.4 Å². The monoisotopic (exact) mass is 258 g/mol. The average molecular weight is 258 g/mol. The Morgan fingerprint density at radius 2 is 2.06 bits per heavy atom. The second-order valence-corrected chi connectivity index (χ2v) is 4.52. The van der Waals surface area contributed by atoms with Gasteiger partial charge < -0.3 is 10.5 Å². The number of hydrogen-bond donors (Lipinski definition) is 1. The van der Waals surface area contributed by atoms with Crippen LogP contribution in [-0.2, 0) is 4.74 Å². The van der Waals surface area contributed by atoms with Crippen LogP contribution in [0.15, 0.2) is 30.3 Å². The Hall–Kier alpha value is -2.32. The summed E-state index contributed by atoms with van der Waals surface area (Å²) in [6, 6.07) is 9.23. The molecule has 0 aliphatic heterocycles. The highest BCUT2D eigenvalue weighted by molar-refractivity contribution is 7.21. The van der Waals surface area contributed by atoms with Crippen LogP contribution in [0.3, 0.4) is 0 Å². The van der Waals surface area contributed by atoms with Gasteiger partial charge in [0.25, 0.3) is 5.00 Å². The lowest BCUT2D eigenvalue weighted by atomic mass is 10.0. The van der Waals surface area contributed by atoms with Crippen molar-refractivity contribution in [2.45, 2.75) is 0 Å². The van der Waals surface area contributed by atoms with E-state index in [0.29, 0.717) is 15.6 Å². The van der Waals surface area contributed by atoms with Gasteiger partial charge in [-0.2, -0.15) is 0 Å². The molecule has 0 aliphatic rings. The second-order valence-electron chi connectivity index (χ2n) is 3.49. The number of rotatable bonds is 2. The summed E-state index contributed by atoms with van der Waals surface area (Å²) in [7, 11) is 1.30. The minimum Gasteiger partial charge on any atom is -0.465 e. The minimum absolute atomic E-state index is 0.278. The summed E-state index contributed by atoms with van der Waals surface area (Å²) in [4.78, 5) is 15.2. The van der Waals surface area contributed by atoms with Gasteiger partial charge in [-0.25, -0.2) is 9.64 Å². The van der Waals surface area contributed by atoms with Gasteiger partial charge in [0.05, 0.1) is 24.2 Å². The van der Waals surface area contributed by atoms with Crippen LogP contribution in [0.4, 0.5) is 10.0 Å². The Morgan fingerprint density at radius 3 is 2.61 bits per heavy atom. The second kappa shape index (κ2) is 4.90. The number of nitrogens with two attached hydrogens (primary N) is 1. The average Bonchev–Trinajstić information content (AvgIpc) is 2.75. The zero-order chi connectivity index (χ0) is 13.1. The summed E-state index contributed by atoms with van der Waals surface area (Å²) in [5, 5.41) is 0.714. The molecular formula is C13H10N2O2S. The number of carbonyl (C=O) groups is 1. The summed E-state index contributed by atoms with van der Waals surface area (Å²) >= 11 is 1.10. The number of thiophene rings is 1. The van der Waals surface area contributed by atoms with E-state index in [2.05, 4.69) is 4.85 Å². The molecule has 18 heavy (non-hydrogen) atoms. The minimum atomic E-state index is -0.516. The van der Waals surface area contributed by atoms with E-state index in [1.54, 1.807) is 0 Å². The van der Waals surface area contributed by atoms with Gasteiger partial charge in [0.15, 0.2) is 0 Å². The van der Waals surface area contributed by atoms with Crippen LogP contribution in [0.25, 0.3) is 16.0 Å². The third-order valence-corrected chi connectivity index (χ3v) is 3.38. The van der Waals surface area contributed by atoms with Gasteiger partial charge in [0, 0.05) is 5.56 Å². The van der Waals surface area contributed by atoms with E-state index in [0.717, 1.165) is 16.9 Å². The maximum atomic E-state index is 11.8. The van der Waals surface area contributed by atoms with Gasteiger partial charge in [0.2, 0.25) is 0 Å². The Labute approximate surface area is 108 Å². The van der Waals surface area contributed by atoms with Crippen LogP contribution < -0.4 is 5.73 Å². The van der Waals surface area contributed by atoms with Gasteiger partial charge >= 0.3 is 5.97 Å². The van der Waals surface area contributed by atoms with Gasteiger partial charge in [0.1, 0.15) is 0 Å². The molecule has 0 aliphatic carbocycles. The first kappa shape index (κ1) is 12.1. The van der Waals surface area contributed by atoms with Crippen molar-refractivity contribution < 1.29 is 9.53 Å². The van der Waals surface area contributed by atoms with E-state index < -0.39 is 5.97 Å². The highest BCUT2D eigenvalue weighted by Crippen LogP contribution is 2.44. The van der Waals surface area contributed by atoms with Crippen molar-refractivity contribution >= 4 is 27.3 Å². The van der Waals surface area contributed by atoms with E-state index >= 15 is 0 Å². The van der Waals surface area contributed by atoms with Crippen molar-refractivity contribution in [3.05, 3.63) is 47.3 Å². The van der Waals surface area contributed by atoms with Crippen LogP contribution in [-0.4, -0.2) is 13.1 Å². The SMILES string of the molecule is [C-]#[N+]c1sc(N)c(C(=O)OC)c1-c1ccccc1. The van der Waals surface area contributed by atoms with Crippen LogP contribution in [0, 0.1) is 6.57 Å². The number of anilines is 1. The molecule has 90 valence electrons. The summed E-state index contributed by atoms with van der Waals surface area (Å²) in [5.74, 6) is -0.516. The molecule has 0 saturated carbocycles. The molecule has 0 unspecified atom stereocenters. The molecule has 0 saturated heterocycles. The number of carbonyl (C=O) groups excluding carboxylic acids is 1. The third kappa shape index (κ3) is 1.94. The molecule has 0 radical (unpaired) electrons. The number of nitrogen functional groups attached to an aromatic ring is 1. The Kier molecular flexibility index (Phi) is 3.31. The van der Waals surface area contributed by atoms with Crippen molar-refractivity contribution in [1.82, 2.24) is 0 Å². The van der Waals surface area contributed by atoms with Crippen molar-refractivity contribution in [2.75, 3.05) is 12.8 Å². The molecule has 5 heteroatoms. The lowest BCUT2D eigenvalue weighted by Crippen LogP contribution is -2.04. The molecule has 0 fully saturated rings. The van der Waals surface area contributed by atoms with Crippen molar-refractivity contribution in [3.63, 3.8) is 0 Å². The highest BCUT2D eigenvalue weighted by atomic mass is 32.1. The molecule has 0 bridgehead atoms. The van der Waals surface area contributed by atoms with E-state index in [1.807, 2.05) is 30.3 Å². The van der Waals surface area contributed by atoms with Gasteiger partial charge in [-0.15, -0.1) is 11.3 Å². The van der Waals surface area contributed by atoms with E-state index in [9.17, 15) is 4.79 Å². The number of esters is 1. The molecule has 0 spiro atoms. The summed E-state index contributed by atoms with van der Waals surface area (Å²) < 4.78 is 4.72. The first-order chi connectivity index (χ1) is 8.69. The molecular weight excluding hydrogens is 248 g/mol. The molecule has 0 amide bonds. The number of benzene rings is 1. The zero-order valence-electron chi connectivity index (χ0n) is 9.64. The lowest BCUT2D eigenvalue weighted by Gasteiger charge is -2.04. The fourth-order valence-corrected chi connectivity index (χ4v) is 2.56. The molecule has 2 N–H and O–H groups in total. The third-order valence-electron chi connectivity index (χ3n) is 2.47. The predicted molar refractivity (Wildman–Crippen MR) is 71.8 cm³/mol. The molecule has 0 atom stereocenters. The zero-order valence-corrected chi connectivity index (χ0v) is 10.5. The fraction of sp³-hybridized carbons (Fsp3) is 0.0769. The first-order valence-electron chi connectivity index (χ1n) is 5.12. The van der Waals surface area contributed by atoms with Crippen LogP contribution in [0.2, 0.25) is 0 Å². The molecule has 1 aromatic carbocycles. The Balaban J connectivity index is 2.72. The van der Waals surface area contributed by atoms with Crippen molar-refractivity contribution in [2.24, 2.45) is 0 Å². The van der Waals surface area contributed by atoms with E-state index in [-0.39, 0.29) is 5.56 Å². The quantitative estimate of drug-likeness (QED) is 0.664. The summed E-state index contributed by atoms with van der Waals surface area (Å²) in [6.45, 7) is 7.17. The maximum absolute atomic E-state index is 11.8. The predicted octanol–water partition coefficient (Wildman–Crippen LogP) is 3.33. The van der Waals surface area contributed by atoms with Crippen LogP contribution >= 0.6 is 11.3 Å². The van der Waals surface area contributed by atoms with E-state index in [1.165, 1.54) is 7.11 Å². The smallest absolute Gasteiger partial charge is 0.340 e. The first-order valence-corrected chi connectivity index (χ1v) is 5.94. The Bertz CT molecular complexity index is 626. The lowest BCUT2D eigenvalue weighted by molar-refractivity contribution is 0.0603. The molecule has 1 heterocycles. The Morgan fingerprint density at radius 1 is 1.39 bits per heavy atom. The number of methoxy groups -OCH3 is 1. The highest BCUT2D eigenvalue weighted by Gasteiger charge is 2.23. The van der Waals surface area contributed by atoms with Crippen molar-refractivity contribution in [1.29, 1.82) is 0 Å². The number of ether oxygens (including phenoxy) is 1. The fourth-order valence-electron chi connectivity index (χ4n) is 1.69. The number of hydrogen-bond acceptors (Lipinski definition) is 4. The maximum Gasteiger partial charge on any atom is 0.340 e. The summed E-state index contributed by atoms with van der Waals surface area (Å²) in [6.07, 6.45) is 0. The largest absolute Gasteiger partial charge is 0.465 e. The standard InChI is InChI=1S/C13H10N2O2S/c1-15-12-9(8-6-4-3-5-7-8)10(11(14)18-12)13(16)17-2/h3-7H,14H2,2H3. The van der Waals surface area contributed by atoms with Gasteiger partial charge in [-0.3, -0.25) is 0 Å².